The van der Waals surface area contributed by atoms with Gasteiger partial charge in [-0.1, -0.05) is 26.7 Å². The van der Waals surface area contributed by atoms with Crippen LogP contribution in [-0.2, 0) is 4.79 Å². The van der Waals surface area contributed by atoms with Crippen molar-refractivity contribution < 1.29 is 9.90 Å². The highest BCUT2D eigenvalue weighted by atomic mass is 16.4. The van der Waals surface area contributed by atoms with Crippen LogP contribution in [-0.4, -0.2) is 47.7 Å². The summed E-state index contributed by atoms with van der Waals surface area (Å²) < 4.78 is 0. The lowest BCUT2D eigenvalue weighted by Crippen LogP contribution is -2.49. The van der Waals surface area contributed by atoms with Crippen LogP contribution in [0.15, 0.2) is 0 Å². The van der Waals surface area contributed by atoms with E-state index in [1.165, 1.54) is 25.7 Å². The standard InChI is InChI=1S/C15H30N2O2/c1-4-6-10-17(11-7-5-2)13-8-9-15(12-13,16-3)14(18)19/h13,16H,4-12H2,1-3H3,(H,18,19). The van der Waals surface area contributed by atoms with Gasteiger partial charge in [-0.25, -0.2) is 0 Å². The summed E-state index contributed by atoms with van der Waals surface area (Å²) in [4.78, 5) is 14.0. The lowest BCUT2D eigenvalue weighted by molar-refractivity contribution is -0.144. The van der Waals surface area contributed by atoms with Crippen molar-refractivity contribution in [2.45, 2.75) is 70.4 Å². The molecule has 0 aromatic rings. The summed E-state index contributed by atoms with van der Waals surface area (Å²) >= 11 is 0. The van der Waals surface area contributed by atoms with Gasteiger partial charge < -0.3 is 15.3 Å². The molecular formula is C15H30N2O2. The maximum Gasteiger partial charge on any atom is 0.323 e. The maximum absolute atomic E-state index is 11.5. The molecule has 1 rings (SSSR count). The van der Waals surface area contributed by atoms with Gasteiger partial charge in [-0.05, 0) is 52.2 Å². The Morgan fingerprint density at radius 2 is 1.89 bits per heavy atom. The number of hydrogen-bond acceptors (Lipinski definition) is 3. The zero-order chi connectivity index (χ0) is 14.3. The third-order valence-electron chi connectivity index (χ3n) is 4.49. The molecule has 112 valence electrons. The molecule has 0 heterocycles. The number of nitrogens with one attached hydrogen (secondary N) is 1. The van der Waals surface area contributed by atoms with E-state index in [-0.39, 0.29) is 0 Å². The van der Waals surface area contributed by atoms with Gasteiger partial charge in [0.25, 0.3) is 0 Å². The van der Waals surface area contributed by atoms with Crippen molar-refractivity contribution in [1.82, 2.24) is 10.2 Å². The fraction of sp³-hybridized carbons (Fsp3) is 0.933. The lowest BCUT2D eigenvalue weighted by Gasteiger charge is -2.30. The molecule has 0 aliphatic heterocycles. The highest BCUT2D eigenvalue weighted by Gasteiger charge is 2.45. The molecule has 2 unspecified atom stereocenters. The number of carbonyl (C=O) groups is 1. The molecule has 0 radical (unpaired) electrons. The van der Waals surface area contributed by atoms with Gasteiger partial charge in [-0.15, -0.1) is 0 Å². The molecular weight excluding hydrogens is 240 g/mol. The second-order valence-electron chi connectivity index (χ2n) is 5.78. The molecule has 0 amide bonds. The first-order chi connectivity index (χ1) is 9.09. The van der Waals surface area contributed by atoms with Crippen molar-refractivity contribution in [2.24, 2.45) is 0 Å². The van der Waals surface area contributed by atoms with Crippen molar-refractivity contribution in [1.29, 1.82) is 0 Å². The number of aliphatic carboxylic acids is 1. The number of rotatable bonds is 9. The highest BCUT2D eigenvalue weighted by molar-refractivity contribution is 5.79. The third-order valence-corrected chi connectivity index (χ3v) is 4.49. The van der Waals surface area contributed by atoms with E-state index >= 15 is 0 Å². The van der Waals surface area contributed by atoms with E-state index in [1.807, 2.05) is 0 Å². The van der Waals surface area contributed by atoms with Crippen molar-refractivity contribution in [2.75, 3.05) is 20.1 Å². The molecule has 0 bridgehead atoms. The lowest BCUT2D eigenvalue weighted by atomic mass is 9.97. The predicted molar refractivity (Wildman–Crippen MR) is 78.5 cm³/mol. The third kappa shape index (κ3) is 4.18. The van der Waals surface area contributed by atoms with E-state index < -0.39 is 11.5 Å². The van der Waals surface area contributed by atoms with Gasteiger partial charge in [0, 0.05) is 6.04 Å². The predicted octanol–water partition coefficient (Wildman–Crippen LogP) is 2.48. The summed E-state index contributed by atoms with van der Waals surface area (Å²) in [6.45, 7) is 6.64. The summed E-state index contributed by atoms with van der Waals surface area (Å²) in [6.07, 6.45) is 7.31. The number of likely N-dealkylation sites (N-methyl/N-ethyl adjacent to an activating group) is 1. The summed E-state index contributed by atoms with van der Waals surface area (Å²) in [5.74, 6) is -0.691. The minimum atomic E-state index is -0.693. The van der Waals surface area contributed by atoms with Crippen LogP contribution in [0.3, 0.4) is 0 Å². The Morgan fingerprint density at radius 1 is 1.32 bits per heavy atom. The molecule has 4 nitrogen and oxygen atoms in total. The first-order valence-corrected chi connectivity index (χ1v) is 7.76. The first kappa shape index (κ1) is 16.4. The van der Waals surface area contributed by atoms with Crippen molar-refractivity contribution in [3.63, 3.8) is 0 Å². The van der Waals surface area contributed by atoms with Gasteiger partial charge in [-0.3, -0.25) is 4.79 Å². The topological polar surface area (TPSA) is 52.6 Å². The first-order valence-electron chi connectivity index (χ1n) is 7.76. The summed E-state index contributed by atoms with van der Waals surface area (Å²) in [5.41, 5.74) is -0.693. The molecule has 0 aromatic carbocycles. The Balaban J connectivity index is 2.62. The van der Waals surface area contributed by atoms with Crippen molar-refractivity contribution in [3.8, 4) is 0 Å². The SMILES string of the molecule is CCCCN(CCCC)C1CCC(NC)(C(=O)O)C1. The van der Waals surface area contributed by atoms with Gasteiger partial charge in [0.1, 0.15) is 5.54 Å². The molecule has 1 fully saturated rings. The largest absolute Gasteiger partial charge is 0.480 e. The van der Waals surface area contributed by atoms with Crippen LogP contribution in [0.2, 0.25) is 0 Å². The smallest absolute Gasteiger partial charge is 0.323 e. The molecule has 4 heteroatoms. The molecule has 0 saturated heterocycles. The van der Waals surface area contributed by atoms with E-state index in [1.54, 1.807) is 7.05 Å². The monoisotopic (exact) mass is 270 g/mol. The van der Waals surface area contributed by atoms with Crippen LogP contribution in [0, 0.1) is 0 Å². The summed E-state index contributed by atoms with van der Waals surface area (Å²) in [7, 11) is 1.78. The van der Waals surface area contributed by atoms with Crippen molar-refractivity contribution in [3.05, 3.63) is 0 Å². The quantitative estimate of drug-likeness (QED) is 0.676. The zero-order valence-corrected chi connectivity index (χ0v) is 12.7. The molecule has 19 heavy (non-hydrogen) atoms. The molecule has 1 saturated carbocycles. The van der Waals surface area contributed by atoms with E-state index in [0.717, 1.165) is 32.4 Å². The van der Waals surface area contributed by atoms with E-state index in [4.69, 9.17) is 0 Å². The Kier molecular flexibility index (Phi) is 6.80. The van der Waals surface area contributed by atoms with Crippen LogP contribution >= 0.6 is 0 Å². The van der Waals surface area contributed by atoms with Gasteiger partial charge >= 0.3 is 5.97 Å². The number of hydrogen-bond donors (Lipinski definition) is 2. The van der Waals surface area contributed by atoms with E-state index in [0.29, 0.717) is 6.04 Å². The number of nitrogens with zero attached hydrogens (tertiary/aromatic N) is 1. The van der Waals surface area contributed by atoms with Crippen LogP contribution in [0.25, 0.3) is 0 Å². The second-order valence-corrected chi connectivity index (χ2v) is 5.78. The van der Waals surface area contributed by atoms with Crippen LogP contribution in [0.1, 0.15) is 58.8 Å². The molecule has 0 aromatic heterocycles. The van der Waals surface area contributed by atoms with Crippen LogP contribution < -0.4 is 5.32 Å². The Labute approximate surface area is 117 Å². The van der Waals surface area contributed by atoms with Gasteiger partial charge in [0.15, 0.2) is 0 Å². The Bertz CT molecular complexity index is 275. The summed E-state index contributed by atoms with van der Waals surface area (Å²) in [6, 6.07) is 0.432. The van der Waals surface area contributed by atoms with Gasteiger partial charge in [-0.2, -0.15) is 0 Å². The van der Waals surface area contributed by atoms with Gasteiger partial charge in [0.2, 0.25) is 0 Å². The minimum absolute atomic E-state index is 0.432. The molecule has 2 atom stereocenters. The van der Waals surface area contributed by atoms with Gasteiger partial charge in [0.05, 0.1) is 0 Å². The molecule has 0 spiro atoms. The fourth-order valence-electron chi connectivity index (χ4n) is 3.06. The number of carboxylic acid groups (broad SMARTS) is 1. The Hall–Kier alpha value is -0.610. The average Bonchev–Trinajstić information content (AvgIpc) is 2.84. The maximum atomic E-state index is 11.5. The van der Waals surface area contributed by atoms with E-state index in [2.05, 4.69) is 24.1 Å². The average molecular weight is 270 g/mol. The van der Waals surface area contributed by atoms with E-state index in [9.17, 15) is 9.90 Å². The Morgan fingerprint density at radius 3 is 2.26 bits per heavy atom. The molecule has 2 N–H and O–H groups in total. The normalized spacial score (nSPS) is 27.1. The second kappa shape index (κ2) is 7.85. The van der Waals surface area contributed by atoms with Crippen LogP contribution in [0.4, 0.5) is 0 Å². The molecule has 1 aliphatic carbocycles. The fourth-order valence-corrected chi connectivity index (χ4v) is 3.06. The number of unbranched alkanes of at least 4 members (excludes halogenated alkanes) is 2. The highest BCUT2D eigenvalue weighted by Crippen LogP contribution is 2.33. The zero-order valence-electron chi connectivity index (χ0n) is 12.7. The van der Waals surface area contributed by atoms with Crippen LogP contribution in [0.5, 0.6) is 0 Å². The number of carboxylic acids is 1. The van der Waals surface area contributed by atoms with Crippen molar-refractivity contribution >= 4 is 5.97 Å². The molecule has 1 aliphatic rings. The summed E-state index contributed by atoms with van der Waals surface area (Å²) in [5, 5.41) is 12.5. The minimum Gasteiger partial charge on any atom is -0.480 e.